The molecule has 0 heterocycles. The highest BCUT2D eigenvalue weighted by molar-refractivity contribution is 6.03. The molecule has 0 saturated carbocycles. The summed E-state index contributed by atoms with van der Waals surface area (Å²) in [6, 6.07) is 4.30. The number of hydrogen-bond donors (Lipinski definition) is 2. The van der Waals surface area contributed by atoms with Crippen LogP contribution in [0.25, 0.3) is 0 Å². The second-order valence-corrected chi connectivity index (χ2v) is 3.82. The van der Waals surface area contributed by atoms with Crippen LogP contribution in [0.3, 0.4) is 0 Å². The van der Waals surface area contributed by atoms with Gasteiger partial charge in [-0.1, -0.05) is 0 Å². The van der Waals surface area contributed by atoms with Gasteiger partial charge in [0, 0.05) is 0 Å². The first-order valence-electron chi connectivity index (χ1n) is 5.91. The van der Waals surface area contributed by atoms with E-state index in [0.717, 1.165) is 0 Å². The van der Waals surface area contributed by atoms with Crippen molar-refractivity contribution in [1.82, 2.24) is 0 Å². The summed E-state index contributed by atoms with van der Waals surface area (Å²) in [4.78, 5) is 34.0. The number of carbonyl (C=O) groups is 3. The fraction of sp³-hybridized carbons (Fsp3) is 0.308. The zero-order valence-electron chi connectivity index (χ0n) is 11.3. The number of esters is 2. The summed E-state index contributed by atoms with van der Waals surface area (Å²) in [5.74, 6) is -1.68. The van der Waals surface area contributed by atoms with E-state index in [2.05, 4.69) is 14.8 Å². The summed E-state index contributed by atoms with van der Waals surface area (Å²) >= 11 is 0. The van der Waals surface area contributed by atoms with Gasteiger partial charge in [0.15, 0.2) is 0 Å². The van der Waals surface area contributed by atoms with Crippen LogP contribution in [0, 0.1) is 0 Å². The minimum absolute atomic E-state index is 0.199. The molecule has 7 heteroatoms. The summed E-state index contributed by atoms with van der Waals surface area (Å²) in [5.41, 5.74) is 6.50. The molecule has 0 radical (unpaired) electrons. The van der Waals surface area contributed by atoms with Crippen LogP contribution in [0.2, 0.25) is 0 Å². The van der Waals surface area contributed by atoms with Crippen molar-refractivity contribution in [2.75, 3.05) is 24.8 Å². The largest absolute Gasteiger partial charge is 0.466 e. The van der Waals surface area contributed by atoms with Gasteiger partial charge >= 0.3 is 11.9 Å². The summed E-state index contributed by atoms with van der Waals surface area (Å²) < 4.78 is 9.20. The number of carbonyl (C=O) groups excluding carboxylic acids is 3. The summed E-state index contributed by atoms with van der Waals surface area (Å²) in [7, 11) is 1.26. The molecule has 108 valence electrons. The van der Waals surface area contributed by atoms with Crippen molar-refractivity contribution in [3.63, 3.8) is 0 Å². The molecule has 1 aromatic rings. The van der Waals surface area contributed by atoms with Gasteiger partial charge in [-0.15, -0.1) is 0 Å². The molecule has 1 aromatic carbocycles. The second-order valence-electron chi connectivity index (χ2n) is 3.82. The minimum atomic E-state index is -0.616. The number of rotatable bonds is 5. The van der Waals surface area contributed by atoms with Crippen LogP contribution >= 0.6 is 0 Å². The molecule has 0 aliphatic carbocycles. The van der Waals surface area contributed by atoms with Crippen molar-refractivity contribution in [2.45, 2.75) is 13.3 Å². The maximum atomic E-state index is 11.6. The molecular weight excluding hydrogens is 264 g/mol. The number of ether oxygens (including phenoxy) is 2. The Bertz CT molecular complexity index is 527. The Morgan fingerprint density at radius 1 is 1.30 bits per heavy atom. The van der Waals surface area contributed by atoms with Gasteiger partial charge in [-0.2, -0.15) is 0 Å². The highest BCUT2D eigenvalue weighted by Crippen LogP contribution is 2.20. The van der Waals surface area contributed by atoms with E-state index in [-0.39, 0.29) is 17.9 Å². The number of benzene rings is 1. The number of nitrogens with two attached hydrogens (primary N) is 1. The van der Waals surface area contributed by atoms with E-state index in [9.17, 15) is 14.4 Å². The first-order chi connectivity index (χ1) is 9.47. The third-order valence-corrected chi connectivity index (χ3v) is 2.36. The Balaban J connectivity index is 2.71. The van der Waals surface area contributed by atoms with Gasteiger partial charge < -0.3 is 20.5 Å². The van der Waals surface area contributed by atoms with Crippen molar-refractivity contribution < 1.29 is 23.9 Å². The van der Waals surface area contributed by atoms with Gasteiger partial charge in [-0.05, 0) is 25.1 Å². The molecule has 20 heavy (non-hydrogen) atoms. The van der Waals surface area contributed by atoms with Gasteiger partial charge in [0.2, 0.25) is 5.91 Å². The third-order valence-electron chi connectivity index (χ3n) is 2.36. The number of hydrogen-bond acceptors (Lipinski definition) is 6. The van der Waals surface area contributed by atoms with E-state index < -0.39 is 24.3 Å². The van der Waals surface area contributed by atoms with Crippen LogP contribution in [-0.2, 0) is 19.1 Å². The van der Waals surface area contributed by atoms with Gasteiger partial charge in [0.05, 0.1) is 30.7 Å². The Hall–Kier alpha value is -2.57. The van der Waals surface area contributed by atoms with E-state index in [1.807, 2.05) is 0 Å². The van der Waals surface area contributed by atoms with Crippen molar-refractivity contribution >= 4 is 29.2 Å². The van der Waals surface area contributed by atoms with Gasteiger partial charge in [-0.25, -0.2) is 4.79 Å². The van der Waals surface area contributed by atoms with Crippen LogP contribution in [0.1, 0.15) is 23.7 Å². The molecule has 0 aromatic heterocycles. The van der Waals surface area contributed by atoms with E-state index in [1.165, 1.54) is 25.3 Å². The predicted octanol–water partition coefficient (Wildman–Crippen LogP) is 0.947. The molecule has 0 fully saturated rings. The first kappa shape index (κ1) is 15.5. The Morgan fingerprint density at radius 2 is 2.00 bits per heavy atom. The average Bonchev–Trinajstić information content (AvgIpc) is 2.40. The third kappa shape index (κ3) is 4.27. The molecule has 1 amide bonds. The number of amides is 1. The molecule has 0 unspecified atom stereocenters. The summed E-state index contributed by atoms with van der Waals surface area (Å²) in [6.07, 6.45) is -0.397. The normalized spacial score (nSPS) is 9.70. The topological polar surface area (TPSA) is 108 Å². The monoisotopic (exact) mass is 280 g/mol. The zero-order valence-corrected chi connectivity index (χ0v) is 11.3. The fourth-order valence-electron chi connectivity index (χ4n) is 1.46. The van der Waals surface area contributed by atoms with Crippen LogP contribution in [0.5, 0.6) is 0 Å². The molecule has 0 spiro atoms. The van der Waals surface area contributed by atoms with E-state index in [4.69, 9.17) is 5.73 Å². The van der Waals surface area contributed by atoms with Crippen LogP contribution < -0.4 is 11.1 Å². The lowest BCUT2D eigenvalue weighted by atomic mass is 10.1. The average molecular weight is 280 g/mol. The first-order valence-corrected chi connectivity index (χ1v) is 5.91. The standard InChI is InChI=1S/C13H16N2O5/c1-3-20-12(17)7-11(16)15-10-5-4-8(6-9(10)14)13(18)19-2/h4-6H,3,7,14H2,1-2H3,(H,15,16). The Kier molecular flexibility index (Phi) is 5.52. The molecule has 7 nitrogen and oxygen atoms in total. The SMILES string of the molecule is CCOC(=O)CC(=O)Nc1ccc(C(=O)OC)cc1N. The number of methoxy groups -OCH3 is 1. The Morgan fingerprint density at radius 3 is 2.55 bits per heavy atom. The number of anilines is 2. The lowest BCUT2D eigenvalue weighted by molar-refractivity contribution is -0.145. The molecule has 0 bridgehead atoms. The van der Waals surface area contributed by atoms with Crippen LogP contribution in [-0.4, -0.2) is 31.6 Å². The molecule has 0 saturated heterocycles. The Labute approximate surface area is 116 Å². The molecule has 0 atom stereocenters. The molecule has 0 aliphatic rings. The molecule has 0 aliphatic heterocycles. The van der Waals surface area contributed by atoms with E-state index >= 15 is 0 Å². The second kappa shape index (κ2) is 7.13. The van der Waals surface area contributed by atoms with Crippen molar-refractivity contribution in [3.8, 4) is 0 Å². The van der Waals surface area contributed by atoms with Crippen LogP contribution in [0.4, 0.5) is 11.4 Å². The number of nitrogen functional groups attached to an aromatic ring is 1. The van der Waals surface area contributed by atoms with Crippen molar-refractivity contribution in [1.29, 1.82) is 0 Å². The zero-order chi connectivity index (χ0) is 15.1. The minimum Gasteiger partial charge on any atom is -0.466 e. The number of nitrogens with one attached hydrogen (secondary N) is 1. The van der Waals surface area contributed by atoms with Gasteiger partial charge in [0.25, 0.3) is 0 Å². The highest BCUT2D eigenvalue weighted by Gasteiger charge is 2.13. The van der Waals surface area contributed by atoms with Crippen molar-refractivity contribution in [3.05, 3.63) is 23.8 Å². The molecule has 3 N–H and O–H groups in total. The molecule has 1 rings (SSSR count). The summed E-state index contributed by atoms with van der Waals surface area (Å²) in [6.45, 7) is 1.86. The fourth-order valence-corrected chi connectivity index (χ4v) is 1.46. The van der Waals surface area contributed by atoms with Crippen LogP contribution in [0.15, 0.2) is 18.2 Å². The maximum absolute atomic E-state index is 11.6. The smallest absolute Gasteiger partial charge is 0.337 e. The van der Waals surface area contributed by atoms with E-state index in [0.29, 0.717) is 5.69 Å². The van der Waals surface area contributed by atoms with E-state index in [1.54, 1.807) is 6.92 Å². The lowest BCUT2D eigenvalue weighted by Crippen LogP contribution is -2.19. The summed E-state index contributed by atoms with van der Waals surface area (Å²) in [5, 5.41) is 2.47. The van der Waals surface area contributed by atoms with Gasteiger partial charge in [0.1, 0.15) is 6.42 Å². The predicted molar refractivity (Wildman–Crippen MR) is 72.1 cm³/mol. The van der Waals surface area contributed by atoms with Gasteiger partial charge in [-0.3, -0.25) is 9.59 Å². The lowest BCUT2D eigenvalue weighted by Gasteiger charge is -2.09. The van der Waals surface area contributed by atoms with Crippen molar-refractivity contribution in [2.24, 2.45) is 0 Å². The highest BCUT2D eigenvalue weighted by atomic mass is 16.5. The quantitative estimate of drug-likeness (QED) is 0.472. The molecular formula is C13H16N2O5. The maximum Gasteiger partial charge on any atom is 0.337 e.